The SMILES string of the molecule is C#CCN(C)C(C)Cc1cccnc1. The summed E-state index contributed by atoms with van der Waals surface area (Å²) in [5.74, 6) is 2.64. The molecule has 1 aromatic heterocycles. The van der Waals surface area contributed by atoms with Gasteiger partial charge in [-0.15, -0.1) is 6.42 Å². The van der Waals surface area contributed by atoms with Crippen LogP contribution in [0.5, 0.6) is 0 Å². The zero-order chi connectivity index (χ0) is 10.4. The van der Waals surface area contributed by atoms with Crippen molar-refractivity contribution in [3.05, 3.63) is 30.1 Å². The quantitative estimate of drug-likeness (QED) is 0.667. The summed E-state index contributed by atoms with van der Waals surface area (Å²) < 4.78 is 0. The molecule has 0 saturated carbocycles. The van der Waals surface area contributed by atoms with Crippen LogP contribution < -0.4 is 0 Å². The predicted molar refractivity (Wildman–Crippen MR) is 58.9 cm³/mol. The minimum absolute atomic E-state index is 0.454. The Kier molecular flexibility index (Phi) is 4.15. The molecule has 1 aromatic rings. The van der Waals surface area contributed by atoms with E-state index in [1.54, 1.807) is 6.20 Å². The van der Waals surface area contributed by atoms with Crippen molar-refractivity contribution in [3.8, 4) is 12.3 Å². The van der Waals surface area contributed by atoms with Crippen molar-refractivity contribution in [3.63, 3.8) is 0 Å². The van der Waals surface area contributed by atoms with E-state index >= 15 is 0 Å². The van der Waals surface area contributed by atoms with Crippen LogP contribution in [-0.4, -0.2) is 29.5 Å². The molecular formula is C12H16N2. The van der Waals surface area contributed by atoms with Crippen molar-refractivity contribution >= 4 is 0 Å². The molecule has 0 aliphatic rings. The maximum absolute atomic E-state index is 5.26. The van der Waals surface area contributed by atoms with Gasteiger partial charge in [0, 0.05) is 18.4 Å². The highest BCUT2D eigenvalue weighted by Crippen LogP contribution is 2.05. The van der Waals surface area contributed by atoms with Gasteiger partial charge in [-0.1, -0.05) is 12.0 Å². The Labute approximate surface area is 86.0 Å². The number of hydrogen-bond donors (Lipinski definition) is 0. The normalized spacial score (nSPS) is 12.4. The molecule has 0 saturated heterocycles. The van der Waals surface area contributed by atoms with Crippen LogP contribution in [-0.2, 0) is 6.42 Å². The zero-order valence-electron chi connectivity index (χ0n) is 8.77. The van der Waals surface area contributed by atoms with E-state index in [2.05, 4.69) is 28.8 Å². The van der Waals surface area contributed by atoms with Crippen LogP contribution in [0.4, 0.5) is 0 Å². The van der Waals surface area contributed by atoms with E-state index in [1.807, 2.05) is 19.3 Å². The fraction of sp³-hybridized carbons (Fsp3) is 0.417. The first-order valence-electron chi connectivity index (χ1n) is 4.76. The van der Waals surface area contributed by atoms with Gasteiger partial charge in [0.1, 0.15) is 0 Å². The van der Waals surface area contributed by atoms with E-state index in [0.29, 0.717) is 12.6 Å². The smallest absolute Gasteiger partial charge is 0.0598 e. The molecule has 1 heterocycles. The number of nitrogens with zero attached hydrogens (tertiary/aromatic N) is 2. The van der Waals surface area contributed by atoms with E-state index in [1.165, 1.54) is 5.56 Å². The standard InChI is InChI=1S/C12H16N2/c1-4-8-14(3)11(2)9-12-6-5-7-13-10-12/h1,5-7,10-11H,8-9H2,2-3H3. The van der Waals surface area contributed by atoms with Crippen molar-refractivity contribution in [2.75, 3.05) is 13.6 Å². The predicted octanol–water partition coefficient (Wildman–Crippen LogP) is 1.58. The van der Waals surface area contributed by atoms with Crippen LogP contribution in [0, 0.1) is 12.3 Å². The van der Waals surface area contributed by atoms with E-state index in [4.69, 9.17) is 6.42 Å². The van der Waals surface area contributed by atoms with Gasteiger partial charge in [0.05, 0.1) is 6.54 Å². The summed E-state index contributed by atoms with van der Waals surface area (Å²) in [7, 11) is 2.04. The van der Waals surface area contributed by atoms with Crippen LogP contribution in [0.15, 0.2) is 24.5 Å². The molecule has 0 fully saturated rings. The molecule has 2 nitrogen and oxygen atoms in total. The Morgan fingerprint density at radius 3 is 3.00 bits per heavy atom. The highest BCUT2D eigenvalue weighted by atomic mass is 15.1. The second kappa shape index (κ2) is 5.41. The van der Waals surface area contributed by atoms with E-state index in [9.17, 15) is 0 Å². The molecule has 2 heteroatoms. The van der Waals surface area contributed by atoms with Gasteiger partial charge in [0.25, 0.3) is 0 Å². The lowest BCUT2D eigenvalue weighted by molar-refractivity contribution is 0.287. The van der Waals surface area contributed by atoms with Crippen molar-refractivity contribution in [2.45, 2.75) is 19.4 Å². The van der Waals surface area contributed by atoms with Crippen molar-refractivity contribution in [1.82, 2.24) is 9.88 Å². The van der Waals surface area contributed by atoms with Crippen LogP contribution in [0.25, 0.3) is 0 Å². The lowest BCUT2D eigenvalue weighted by Gasteiger charge is -2.22. The lowest BCUT2D eigenvalue weighted by Crippen LogP contribution is -2.31. The van der Waals surface area contributed by atoms with Gasteiger partial charge in [-0.2, -0.15) is 0 Å². The van der Waals surface area contributed by atoms with E-state index < -0.39 is 0 Å². The molecule has 0 aromatic carbocycles. The van der Waals surface area contributed by atoms with Crippen LogP contribution in [0.2, 0.25) is 0 Å². The Hall–Kier alpha value is -1.33. The highest BCUT2D eigenvalue weighted by Gasteiger charge is 2.08. The summed E-state index contributed by atoms with van der Waals surface area (Å²) in [6, 6.07) is 4.51. The molecule has 0 amide bonds. The van der Waals surface area contributed by atoms with Crippen LogP contribution in [0.3, 0.4) is 0 Å². The Bertz CT molecular complexity index is 300. The van der Waals surface area contributed by atoms with Gasteiger partial charge in [-0.05, 0) is 32.0 Å². The van der Waals surface area contributed by atoms with Gasteiger partial charge in [0.2, 0.25) is 0 Å². The average molecular weight is 188 g/mol. The topological polar surface area (TPSA) is 16.1 Å². The monoisotopic (exact) mass is 188 g/mol. The summed E-state index contributed by atoms with van der Waals surface area (Å²) in [5, 5.41) is 0. The van der Waals surface area contributed by atoms with Gasteiger partial charge in [0.15, 0.2) is 0 Å². The summed E-state index contributed by atoms with van der Waals surface area (Å²) in [5.41, 5.74) is 1.25. The molecule has 1 atom stereocenters. The highest BCUT2D eigenvalue weighted by molar-refractivity contribution is 5.10. The molecule has 0 N–H and O–H groups in total. The summed E-state index contributed by atoms with van der Waals surface area (Å²) >= 11 is 0. The van der Waals surface area contributed by atoms with Crippen LogP contribution >= 0.6 is 0 Å². The maximum atomic E-state index is 5.26. The number of pyridine rings is 1. The van der Waals surface area contributed by atoms with Crippen molar-refractivity contribution in [2.24, 2.45) is 0 Å². The number of aromatic nitrogens is 1. The van der Waals surface area contributed by atoms with Gasteiger partial charge < -0.3 is 0 Å². The largest absolute Gasteiger partial charge is 0.292 e. The Balaban J connectivity index is 2.49. The Morgan fingerprint density at radius 1 is 1.64 bits per heavy atom. The first kappa shape index (κ1) is 10.7. The molecule has 0 bridgehead atoms. The molecule has 0 aliphatic carbocycles. The first-order valence-corrected chi connectivity index (χ1v) is 4.76. The molecule has 1 rings (SSSR count). The molecular weight excluding hydrogens is 172 g/mol. The van der Waals surface area contributed by atoms with Crippen molar-refractivity contribution in [1.29, 1.82) is 0 Å². The second-order valence-electron chi connectivity index (χ2n) is 3.53. The zero-order valence-corrected chi connectivity index (χ0v) is 8.77. The van der Waals surface area contributed by atoms with E-state index in [0.717, 1.165) is 6.42 Å². The average Bonchev–Trinajstić information content (AvgIpc) is 2.19. The third-order valence-corrected chi connectivity index (χ3v) is 2.35. The van der Waals surface area contributed by atoms with Gasteiger partial charge in [-0.3, -0.25) is 9.88 Å². The fourth-order valence-electron chi connectivity index (χ4n) is 1.32. The van der Waals surface area contributed by atoms with Gasteiger partial charge in [-0.25, -0.2) is 0 Å². The first-order chi connectivity index (χ1) is 6.74. The number of likely N-dealkylation sites (N-methyl/N-ethyl adjacent to an activating group) is 1. The number of rotatable bonds is 4. The molecule has 0 spiro atoms. The third-order valence-electron chi connectivity index (χ3n) is 2.35. The maximum Gasteiger partial charge on any atom is 0.0598 e. The molecule has 74 valence electrons. The molecule has 1 unspecified atom stereocenters. The minimum atomic E-state index is 0.454. The van der Waals surface area contributed by atoms with E-state index in [-0.39, 0.29) is 0 Å². The minimum Gasteiger partial charge on any atom is -0.292 e. The number of hydrogen-bond acceptors (Lipinski definition) is 2. The molecule has 0 radical (unpaired) electrons. The molecule has 0 aliphatic heterocycles. The molecule has 14 heavy (non-hydrogen) atoms. The summed E-state index contributed by atoms with van der Waals surface area (Å²) in [4.78, 5) is 6.24. The lowest BCUT2D eigenvalue weighted by atomic mass is 10.1. The summed E-state index contributed by atoms with van der Waals surface area (Å²) in [6.07, 6.45) is 9.94. The fourth-order valence-corrected chi connectivity index (χ4v) is 1.32. The van der Waals surface area contributed by atoms with Crippen molar-refractivity contribution < 1.29 is 0 Å². The third kappa shape index (κ3) is 3.20. The van der Waals surface area contributed by atoms with Gasteiger partial charge >= 0.3 is 0 Å². The Morgan fingerprint density at radius 2 is 2.43 bits per heavy atom. The summed E-state index contributed by atoms with van der Waals surface area (Å²) in [6.45, 7) is 2.87. The second-order valence-corrected chi connectivity index (χ2v) is 3.53. The number of terminal acetylenes is 1. The van der Waals surface area contributed by atoms with Crippen LogP contribution in [0.1, 0.15) is 12.5 Å².